The van der Waals surface area contributed by atoms with E-state index in [0.717, 1.165) is 12.8 Å². The largest absolute Gasteiger partial charge is 0.494 e. The van der Waals surface area contributed by atoms with Gasteiger partial charge in [0.25, 0.3) is 5.91 Å². The second-order valence-corrected chi connectivity index (χ2v) is 6.09. The molecule has 0 aromatic heterocycles. The van der Waals surface area contributed by atoms with Crippen LogP contribution >= 0.6 is 0 Å². The van der Waals surface area contributed by atoms with Crippen LogP contribution in [0.1, 0.15) is 47.4 Å². The van der Waals surface area contributed by atoms with Gasteiger partial charge in [-0.2, -0.15) is 0 Å². The number of hydrogen-bond donors (Lipinski definition) is 2. The Hall–Kier alpha value is -3.15. The van der Waals surface area contributed by atoms with E-state index in [-0.39, 0.29) is 24.1 Å². The minimum Gasteiger partial charge on any atom is -0.494 e. The standard InChI is InChI=1S/C21H24N2O4/c1-3-4-13-27-19-11-7-17(8-12-19)21(26)22-14-20(25)23-18-9-5-16(6-10-18)15(2)24/h5-12H,3-4,13-14H2,1-2H3,(H,22,26)(H,23,25). The summed E-state index contributed by atoms with van der Waals surface area (Å²) in [4.78, 5) is 35.3. The fourth-order valence-electron chi connectivity index (χ4n) is 2.29. The number of hydrogen-bond acceptors (Lipinski definition) is 4. The van der Waals surface area contributed by atoms with Crippen molar-refractivity contribution in [1.29, 1.82) is 0 Å². The molecule has 0 bridgehead atoms. The number of anilines is 1. The van der Waals surface area contributed by atoms with Crippen molar-refractivity contribution < 1.29 is 19.1 Å². The summed E-state index contributed by atoms with van der Waals surface area (Å²) >= 11 is 0. The molecule has 142 valence electrons. The Morgan fingerprint density at radius 3 is 2.15 bits per heavy atom. The first-order valence-electron chi connectivity index (χ1n) is 8.91. The molecular formula is C21H24N2O4. The maximum atomic E-state index is 12.1. The van der Waals surface area contributed by atoms with E-state index in [1.165, 1.54) is 6.92 Å². The van der Waals surface area contributed by atoms with E-state index in [9.17, 15) is 14.4 Å². The van der Waals surface area contributed by atoms with Gasteiger partial charge in [0.05, 0.1) is 13.2 Å². The minimum atomic E-state index is -0.349. The lowest BCUT2D eigenvalue weighted by Gasteiger charge is -2.08. The molecule has 2 N–H and O–H groups in total. The number of nitrogens with one attached hydrogen (secondary N) is 2. The molecular weight excluding hydrogens is 344 g/mol. The molecule has 0 radical (unpaired) electrons. The van der Waals surface area contributed by atoms with Crippen molar-refractivity contribution >= 4 is 23.3 Å². The average molecular weight is 368 g/mol. The van der Waals surface area contributed by atoms with Crippen LogP contribution in [0.15, 0.2) is 48.5 Å². The second-order valence-electron chi connectivity index (χ2n) is 6.09. The van der Waals surface area contributed by atoms with Gasteiger partial charge in [0, 0.05) is 16.8 Å². The Kier molecular flexibility index (Phi) is 7.55. The fourth-order valence-corrected chi connectivity index (χ4v) is 2.29. The number of Topliss-reactive ketones (excluding diaryl/α,β-unsaturated/α-hetero) is 1. The van der Waals surface area contributed by atoms with Crippen LogP contribution in [-0.2, 0) is 4.79 Å². The summed E-state index contributed by atoms with van der Waals surface area (Å²) in [6.45, 7) is 4.07. The number of ether oxygens (including phenoxy) is 1. The molecule has 6 nitrogen and oxygen atoms in total. The molecule has 0 atom stereocenters. The summed E-state index contributed by atoms with van der Waals surface area (Å²) in [6.07, 6.45) is 2.04. The van der Waals surface area contributed by atoms with Gasteiger partial charge in [-0.1, -0.05) is 13.3 Å². The maximum absolute atomic E-state index is 12.1. The van der Waals surface area contributed by atoms with Gasteiger partial charge in [-0.15, -0.1) is 0 Å². The first kappa shape index (κ1) is 20.2. The Balaban J connectivity index is 1.80. The number of amides is 2. The van der Waals surface area contributed by atoms with Crippen molar-refractivity contribution in [3.63, 3.8) is 0 Å². The number of unbranched alkanes of at least 4 members (excludes halogenated alkanes) is 1. The van der Waals surface area contributed by atoms with Crippen LogP contribution in [0, 0.1) is 0 Å². The minimum absolute atomic E-state index is 0.0399. The van der Waals surface area contributed by atoms with E-state index in [1.54, 1.807) is 48.5 Å². The summed E-state index contributed by atoms with van der Waals surface area (Å²) in [5, 5.41) is 5.24. The van der Waals surface area contributed by atoms with Crippen LogP contribution in [0.25, 0.3) is 0 Å². The molecule has 2 rings (SSSR count). The van der Waals surface area contributed by atoms with Gasteiger partial charge < -0.3 is 15.4 Å². The molecule has 0 saturated heterocycles. The summed E-state index contributed by atoms with van der Waals surface area (Å²) < 4.78 is 5.55. The van der Waals surface area contributed by atoms with Gasteiger partial charge in [-0.25, -0.2) is 0 Å². The highest BCUT2D eigenvalue weighted by Gasteiger charge is 2.09. The topological polar surface area (TPSA) is 84.5 Å². The van der Waals surface area contributed by atoms with Crippen LogP contribution in [0.4, 0.5) is 5.69 Å². The molecule has 2 aromatic carbocycles. The first-order chi connectivity index (χ1) is 13.0. The number of ketones is 1. The molecule has 0 heterocycles. The maximum Gasteiger partial charge on any atom is 0.251 e. The molecule has 0 unspecified atom stereocenters. The van der Waals surface area contributed by atoms with Gasteiger partial charge in [-0.3, -0.25) is 14.4 Å². The van der Waals surface area contributed by atoms with E-state index < -0.39 is 0 Å². The van der Waals surface area contributed by atoms with Crippen LogP contribution in [0.3, 0.4) is 0 Å². The van der Waals surface area contributed by atoms with Crippen LogP contribution < -0.4 is 15.4 Å². The predicted octanol–water partition coefficient (Wildman–Crippen LogP) is 3.44. The predicted molar refractivity (Wildman–Crippen MR) is 104 cm³/mol. The molecule has 2 aromatic rings. The summed E-state index contributed by atoms with van der Waals surface area (Å²) in [6, 6.07) is 13.4. The molecule has 2 amide bonds. The lowest BCUT2D eigenvalue weighted by Crippen LogP contribution is -2.32. The van der Waals surface area contributed by atoms with Gasteiger partial charge in [-0.05, 0) is 61.9 Å². The number of rotatable bonds is 9. The third kappa shape index (κ3) is 6.58. The first-order valence-corrected chi connectivity index (χ1v) is 8.91. The molecule has 0 aliphatic rings. The Bertz CT molecular complexity index is 783. The van der Waals surface area contributed by atoms with E-state index in [1.807, 2.05) is 0 Å². The zero-order chi connectivity index (χ0) is 19.6. The van der Waals surface area contributed by atoms with E-state index in [2.05, 4.69) is 17.6 Å². The third-order valence-electron chi connectivity index (χ3n) is 3.87. The molecule has 0 aliphatic heterocycles. The third-order valence-corrected chi connectivity index (χ3v) is 3.87. The van der Waals surface area contributed by atoms with Crippen molar-refractivity contribution in [2.75, 3.05) is 18.5 Å². The highest BCUT2D eigenvalue weighted by Crippen LogP contribution is 2.13. The van der Waals surface area contributed by atoms with Gasteiger partial charge in [0.15, 0.2) is 5.78 Å². The monoisotopic (exact) mass is 368 g/mol. The lowest BCUT2D eigenvalue weighted by molar-refractivity contribution is -0.115. The van der Waals surface area contributed by atoms with Crippen molar-refractivity contribution in [1.82, 2.24) is 5.32 Å². The molecule has 6 heteroatoms. The van der Waals surface area contributed by atoms with E-state index in [0.29, 0.717) is 29.2 Å². The van der Waals surface area contributed by atoms with Crippen molar-refractivity contribution in [3.05, 3.63) is 59.7 Å². The van der Waals surface area contributed by atoms with Crippen molar-refractivity contribution in [2.45, 2.75) is 26.7 Å². The number of carbonyl (C=O) groups excluding carboxylic acids is 3. The molecule has 0 saturated carbocycles. The van der Waals surface area contributed by atoms with Crippen molar-refractivity contribution in [3.8, 4) is 5.75 Å². The van der Waals surface area contributed by atoms with Crippen LogP contribution in [0.2, 0.25) is 0 Å². The Morgan fingerprint density at radius 2 is 1.56 bits per heavy atom. The Morgan fingerprint density at radius 1 is 0.926 bits per heavy atom. The van der Waals surface area contributed by atoms with Gasteiger partial charge in [0.2, 0.25) is 5.91 Å². The fraction of sp³-hybridized carbons (Fsp3) is 0.286. The SMILES string of the molecule is CCCCOc1ccc(C(=O)NCC(=O)Nc2ccc(C(C)=O)cc2)cc1. The normalized spacial score (nSPS) is 10.1. The number of benzene rings is 2. The zero-order valence-electron chi connectivity index (χ0n) is 15.6. The second kappa shape index (κ2) is 10.1. The Labute approximate surface area is 158 Å². The van der Waals surface area contributed by atoms with Crippen LogP contribution in [0.5, 0.6) is 5.75 Å². The molecule has 0 aliphatic carbocycles. The number of carbonyl (C=O) groups is 3. The average Bonchev–Trinajstić information content (AvgIpc) is 2.67. The quantitative estimate of drug-likeness (QED) is 0.524. The zero-order valence-corrected chi connectivity index (χ0v) is 15.6. The summed E-state index contributed by atoms with van der Waals surface area (Å²) in [5.41, 5.74) is 1.59. The summed E-state index contributed by atoms with van der Waals surface area (Å²) in [5.74, 6) is -0.00990. The smallest absolute Gasteiger partial charge is 0.251 e. The molecule has 0 spiro atoms. The van der Waals surface area contributed by atoms with E-state index in [4.69, 9.17) is 4.74 Å². The van der Waals surface area contributed by atoms with Gasteiger partial charge >= 0.3 is 0 Å². The van der Waals surface area contributed by atoms with E-state index >= 15 is 0 Å². The molecule has 0 fully saturated rings. The lowest BCUT2D eigenvalue weighted by atomic mass is 10.1. The van der Waals surface area contributed by atoms with Crippen LogP contribution in [-0.4, -0.2) is 30.7 Å². The highest BCUT2D eigenvalue weighted by molar-refractivity contribution is 5.99. The molecule has 27 heavy (non-hydrogen) atoms. The van der Waals surface area contributed by atoms with Crippen molar-refractivity contribution in [2.24, 2.45) is 0 Å². The summed E-state index contributed by atoms with van der Waals surface area (Å²) in [7, 11) is 0. The van der Waals surface area contributed by atoms with Gasteiger partial charge in [0.1, 0.15) is 5.75 Å². The highest BCUT2D eigenvalue weighted by atomic mass is 16.5.